The van der Waals surface area contributed by atoms with Crippen LogP contribution in [-0.4, -0.2) is 30.9 Å². The molecule has 1 unspecified atom stereocenters. The van der Waals surface area contributed by atoms with E-state index in [2.05, 4.69) is 0 Å². The van der Waals surface area contributed by atoms with Crippen LogP contribution in [0.25, 0.3) is 0 Å². The molecular formula is C11H14O5. The zero-order valence-corrected chi connectivity index (χ0v) is 8.85. The van der Waals surface area contributed by atoms with Gasteiger partial charge in [-0.05, 0) is 18.6 Å². The van der Waals surface area contributed by atoms with Crippen molar-refractivity contribution in [3.8, 4) is 0 Å². The molecule has 1 aliphatic rings. The Morgan fingerprint density at radius 3 is 3.06 bits per heavy atom. The first kappa shape index (κ1) is 11.2. The quantitative estimate of drug-likeness (QED) is 0.824. The highest BCUT2D eigenvalue weighted by Gasteiger charge is 2.16. The normalized spacial score (nSPS) is 20.1. The van der Waals surface area contributed by atoms with Crippen molar-refractivity contribution in [1.82, 2.24) is 0 Å². The first-order valence-electron chi connectivity index (χ1n) is 5.23. The van der Waals surface area contributed by atoms with Crippen LogP contribution in [0.5, 0.6) is 0 Å². The van der Waals surface area contributed by atoms with Gasteiger partial charge in [0.15, 0.2) is 0 Å². The topological polar surface area (TPSA) is 68.9 Å². The second kappa shape index (κ2) is 5.14. The minimum atomic E-state index is -1.06. The predicted molar refractivity (Wildman–Crippen MR) is 54.2 cm³/mol. The Kier molecular flexibility index (Phi) is 3.58. The van der Waals surface area contributed by atoms with Gasteiger partial charge in [-0.1, -0.05) is 0 Å². The van der Waals surface area contributed by atoms with Gasteiger partial charge in [0.05, 0.1) is 13.2 Å². The first-order valence-corrected chi connectivity index (χ1v) is 5.23. The Balaban J connectivity index is 1.74. The number of hydrogen-bond acceptors (Lipinski definition) is 4. The second-order valence-corrected chi connectivity index (χ2v) is 3.82. The van der Waals surface area contributed by atoms with E-state index >= 15 is 0 Å². The van der Waals surface area contributed by atoms with Crippen molar-refractivity contribution < 1.29 is 23.8 Å². The van der Waals surface area contributed by atoms with Crippen LogP contribution >= 0.6 is 0 Å². The molecule has 5 nitrogen and oxygen atoms in total. The van der Waals surface area contributed by atoms with Crippen LogP contribution < -0.4 is 0 Å². The molecule has 0 radical (unpaired) electrons. The van der Waals surface area contributed by atoms with Gasteiger partial charge in [-0.15, -0.1) is 0 Å². The highest BCUT2D eigenvalue weighted by Crippen LogP contribution is 2.14. The Labute approximate surface area is 93.0 Å². The predicted octanol–water partition coefficient (Wildman–Crippen LogP) is 1.53. The summed E-state index contributed by atoms with van der Waals surface area (Å²) >= 11 is 0. The van der Waals surface area contributed by atoms with Gasteiger partial charge >= 0.3 is 5.97 Å². The molecule has 0 aromatic carbocycles. The van der Waals surface area contributed by atoms with Crippen molar-refractivity contribution in [1.29, 1.82) is 0 Å². The molecule has 88 valence electrons. The van der Waals surface area contributed by atoms with Crippen LogP contribution in [0.2, 0.25) is 0 Å². The van der Waals surface area contributed by atoms with E-state index in [0.717, 1.165) is 19.6 Å². The molecule has 5 heteroatoms. The van der Waals surface area contributed by atoms with Gasteiger partial charge in [-0.3, -0.25) is 0 Å². The molecule has 1 N–H and O–H groups in total. The minimum Gasteiger partial charge on any atom is -0.475 e. The largest absolute Gasteiger partial charge is 0.475 e. The Bertz CT molecular complexity index is 351. The summed E-state index contributed by atoms with van der Waals surface area (Å²) in [6.45, 7) is 2.49. The minimum absolute atomic E-state index is 0.0530. The van der Waals surface area contributed by atoms with Crippen molar-refractivity contribution in [3.05, 3.63) is 23.7 Å². The Hall–Kier alpha value is -1.33. The van der Waals surface area contributed by atoms with Crippen LogP contribution in [-0.2, 0) is 16.1 Å². The van der Waals surface area contributed by atoms with E-state index in [1.54, 1.807) is 6.07 Å². The van der Waals surface area contributed by atoms with E-state index in [1.807, 2.05) is 0 Å². The van der Waals surface area contributed by atoms with Gasteiger partial charge < -0.3 is 19.0 Å². The number of aromatic carboxylic acids is 1. The van der Waals surface area contributed by atoms with Gasteiger partial charge in [0.25, 0.3) is 0 Å². The second-order valence-electron chi connectivity index (χ2n) is 3.82. The molecule has 1 aliphatic heterocycles. The molecule has 16 heavy (non-hydrogen) atoms. The zero-order chi connectivity index (χ0) is 11.4. The monoisotopic (exact) mass is 226 g/mol. The molecule has 0 amide bonds. The number of carboxylic acid groups (broad SMARTS) is 1. The van der Waals surface area contributed by atoms with Crippen LogP contribution in [0, 0.1) is 5.92 Å². The van der Waals surface area contributed by atoms with Crippen molar-refractivity contribution in [2.45, 2.75) is 13.0 Å². The summed E-state index contributed by atoms with van der Waals surface area (Å²) in [6.07, 6.45) is 1.03. The van der Waals surface area contributed by atoms with E-state index in [0.29, 0.717) is 24.9 Å². The van der Waals surface area contributed by atoms with E-state index in [9.17, 15) is 4.79 Å². The maximum Gasteiger partial charge on any atom is 0.371 e. The molecule has 2 rings (SSSR count). The lowest BCUT2D eigenvalue weighted by Crippen LogP contribution is -2.08. The lowest BCUT2D eigenvalue weighted by Gasteiger charge is -2.06. The van der Waals surface area contributed by atoms with Gasteiger partial charge in [-0.25, -0.2) is 4.79 Å². The molecular weight excluding hydrogens is 212 g/mol. The molecule has 1 saturated heterocycles. The molecule has 1 aromatic rings. The fourth-order valence-electron chi connectivity index (χ4n) is 1.61. The molecule has 2 heterocycles. The summed E-state index contributed by atoms with van der Waals surface area (Å²) in [5.74, 6) is -0.122. The summed E-state index contributed by atoms with van der Waals surface area (Å²) in [5, 5.41) is 8.65. The highest BCUT2D eigenvalue weighted by molar-refractivity contribution is 5.84. The molecule has 1 aromatic heterocycles. The Morgan fingerprint density at radius 1 is 1.56 bits per heavy atom. The first-order chi connectivity index (χ1) is 7.75. The van der Waals surface area contributed by atoms with Gasteiger partial charge in [-0.2, -0.15) is 0 Å². The fourth-order valence-corrected chi connectivity index (χ4v) is 1.61. The SMILES string of the molecule is O=C(O)c1ccc(COCC2CCOC2)o1. The van der Waals surface area contributed by atoms with E-state index in [1.165, 1.54) is 6.07 Å². The summed E-state index contributed by atoms with van der Waals surface area (Å²) in [4.78, 5) is 10.5. The van der Waals surface area contributed by atoms with E-state index < -0.39 is 5.97 Å². The third-order valence-electron chi connectivity index (χ3n) is 2.49. The van der Waals surface area contributed by atoms with Crippen molar-refractivity contribution in [3.63, 3.8) is 0 Å². The van der Waals surface area contributed by atoms with Crippen molar-refractivity contribution in [2.75, 3.05) is 19.8 Å². The molecule has 0 saturated carbocycles. The molecule has 1 atom stereocenters. The summed E-state index contributed by atoms with van der Waals surface area (Å²) in [7, 11) is 0. The third kappa shape index (κ3) is 2.84. The number of hydrogen-bond donors (Lipinski definition) is 1. The summed E-state index contributed by atoms with van der Waals surface area (Å²) in [6, 6.07) is 3.05. The number of ether oxygens (including phenoxy) is 2. The summed E-state index contributed by atoms with van der Waals surface area (Å²) < 4.78 is 15.7. The van der Waals surface area contributed by atoms with Gasteiger partial charge in [0, 0.05) is 12.5 Å². The average Bonchev–Trinajstić information content (AvgIpc) is 2.87. The molecule has 0 spiro atoms. The molecule has 0 bridgehead atoms. The van der Waals surface area contributed by atoms with Gasteiger partial charge in [0.2, 0.25) is 5.76 Å². The Morgan fingerprint density at radius 2 is 2.44 bits per heavy atom. The molecule has 1 fully saturated rings. The van der Waals surface area contributed by atoms with Gasteiger partial charge in [0.1, 0.15) is 12.4 Å². The van der Waals surface area contributed by atoms with Crippen molar-refractivity contribution >= 4 is 5.97 Å². The number of rotatable bonds is 5. The van der Waals surface area contributed by atoms with Crippen LogP contribution in [0.15, 0.2) is 16.5 Å². The van der Waals surface area contributed by atoms with Crippen molar-refractivity contribution in [2.24, 2.45) is 5.92 Å². The lowest BCUT2D eigenvalue weighted by atomic mass is 10.1. The highest BCUT2D eigenvalue weighted by atomic mass is 16.5. The summed E-state index contributed by atoms with van der Waals surface area (Å²) in [5.41, 5.74) is 0. The fraction of sp³-hybridized carbons (Fsp3) is 0.545. The standard InChI is InChI=1S/C11H14O5/c12-11(13)10-2-1-9(16-10)7-15-6-8-3-4-14-5-8/h1-2,8H,3-7H2,(H,12,13). The maximum atomic E-state index is 10.5. The smallest absolute Gasteiger partial charge is 0.371 e. The number of carboxylic acids is 1. The number of furan rings is 1. The van der Waals surface area contributed by atoms with Crippen LogP contribution in [0.4, 0.5) is 0 Å². The lowest BCUT2D eigenvalue weighted by molar-refractivity contribution is 0.0607. The average molecular weight is 226 g/mol. The van der Waals surface area contributed by atoms with Crippen LogP contribution in [0.1, 0.15) is 22.7 Å². The van der Waals surface area contributed by atoms with E-state index in [4.69, 9.17) is 19.0 Å². The molecule has 0 aliphatic carbocycles. The third-order valence-corrected chi connectivity index (χ3v) is 2.49. The zero-order valence-electron chi connectivity index (χ0n) is 8.85. The van der Waals surface area contributed by atoms with Crippen LogP contribution in [0.3, 0.4) is 0 Å². The maximum absolute atomic E-state index is 10.5. The van der Waals surface area contributed by atoms with E-state index in [-0.39, 0.29) is 5.76 Å². The number of carbonyl (C=O) groups is 1.